The summed E-state index contributed by atoms with van der Waals surface area (Å²) in [6.45, 7) is 11.9. The normalized spacial score (nSPS) is 10.9. The molecular formula is C28H24O7. The summed E-state index contributed by atoms with van der Waals surface area (Å²) in [5.74, 6) is 0.206. The van der Waals surface area contributed by atoms with Crippen LogP contribution in [-0.2, 0) is 14.3 Å². The van der Waals surface area contributed by atoms with Gasteiger partial charge in [0, 0.05) is 22.3 Å². The zero-order chi connectivity index (χ0) is 25.5. The molecule has 0 spiro atoms. The van der Waals surface area contributed by atoms with Crippen molar-refractivity contribution in [3.05, 3.63) is 103 Å². The molecule has 7 nitrogen and oxygen atoms in total. The van der Waals surface area contributed by atoms with Crippen molar-refractivity contribution < 1.29 is 33.0 Å². The fraction of sp³-hybridized carbons (Fsp3) is 0.107. The quantitative estimate of drug-likeness (QED) is 0.169. The second kappa shape index (κ2) is 11.0. The minimum atomic E-state index is -0.575. The molecule has 0 aliphatic heterocycles. The van der Waals surface area contributed by atoms with E-state index in [9.17, 15) is 14.4 Å². The van der Waals surface area contributed by atoms with Crippen molar-refractivity contribution in [1.29, 1.82) is 0 Å². The first-order valence-electron chi connectivity index (χ1n) is 10.6. The number of hydrogen-bond acceptors (Lipinski definition) is 7. The number of allylic oxidation sites excluding steroid dienone is 1. The Morgan fingerprint density at radius 3 is 1.77 bits per heavy atom. The number of ether oxygens (including phenoxy) is 3. The van der Waals surface area contributed by atoms with Gasteiger partial charge in [-0.2, -0.15) is 0 Å². The van der Waals surface area contributed by atoms with Crippen LogP contribution in [0.15, 0.2) is 95.6 Å². The minimum Gasteiger partial charge on any atom is -0.456 e. The topological polar surface area (TPSA) is 92.0 Å². The van der Waals surface area contributed by atoms with Crippen LogP contribution in [0.5, 0.6) is 11.5 Å². The van der Waals surface area contributed by atoms with Crippen LogP contribution in [0.1, 0.15) is 36.9 Å². The first-order valence-corrected chi connectivity index (χ1v) is 10.6. The SMILES string of the molecule is C=C(C)C(=O)Oc1ccc(C(=O)O/C=C(\C)c2ccc(-c3ccc(OC(=O)C(=C)C)cc3)o2)cc1. The molecule has 0 saturated heterocycles. The first kappa shape index (κ1) is 25.0. The van der Waals surface area contributed by atoms with Crippen LogP contribution in [0.25, 0.3) is 16.9 Å². The van der Waals surface area contributed by atoms with Crippen LogP contribution >= 0.6 is 0 Å². The highest BCUT2D eigenvalue weighted by atomic mass is 16.5. The number of rotatable bonds is 8. The van der Waals surface area contributed by atoms with Crippen molar-refractivity contribution in [2.24, 2.45) is 0 Å². The van der Waals surface area contributed by atoms with Crippen LogP contribution in [0.3, 0.4) is 0 Å². The largest absolute Gasteiger partial charge is 0.456 e. The van der Waals surface area contributed by atoms with E-state index in [0.29, 0.717) is 34.2 Å². The number of hydrogen-bond donors (Lipinski definition) is 0. The molecule has 0 aliphatic rings. The van der Waals surface area contributed by atoms with Crippen molar-refractivity contribution in [3.63, 3.8) is 0 Å². The van der Waals surface area contributed by atoms with Gasteiger partial charge in [-0.25, -0.2) is 14.4 Å². The fourth-order valence-corrected chi connectivity index (χ4v) is 2.71. The van der Waals surface area contributed by atoms with E-state index in [2.05, 4.69) is 13.2 Å². The third kappa shape index (κ3) is 6.68. The Morgan fingerprint density at radius 2 is 1.26 bits per heavy atom. The van der Waals surface area contributed by atoms with Gasteiger partial charge in [0.2, 0.25) is 0 Å². The smallest absolute Gasteiger partial charge is 0.342 e. The van der Waals surface area contributed by atoms with Crippen molar-refractivity contribution in [2.45, 2.75) is 20.8 Å². The second-order valence-corrected chi connectivity index (χ2v) is 7.76. The van der Waals surface area contributed by atoms with E-state index in [4.69, 9.17) is 18.6 Å². The molecule has 3 aromatic rings. The molecular weight excluding hydrogens is 448 g/mol. The fourth-order valence-electron chi connectivity index (χ4n) is 2.71. The van der Waals surface area contributed by atoms with Gasteiger partial charge in [-0.3, -0.25) is 0 Å². The Kier molecular flexibility index (Phi) is 7.84. The lowest BCUT2D eigenvalue weighted by atomic mass is 10.1. The van der Waals surface area contributed by atoms with Gasteiger partial charge >= 0.3 is 17.9 Å². The Hall–Kier alpha value is -4.65. The van der Waals surface area contributed by atoms with Gasteiger partial charge in [0.05, 0.1) is 5.56 Å². The van der Waals surface area contributed by atoms with Gasteiger partial charge in [0.15, 0.2) is 0 Å². The van der Waals surface area contributed by atoms with E-state index < -0.39 is 17.9 Å². The van der Waals surface area contributed by atoms with Gasteiger partial charge in [-0.05, 0) is 81.4 Å². The summed E-state index contributed by atoms with van der Waals surface area (Å²) in [4.78, 5) is 35.5. The van der Waals surface area contributed by atoms with Crippen LogP contribution < -0.4 is 9.47 Å². The number of furan rings is 1. The molecule has 0 radical (unpaired) electrons. The standard InChI is InChI=1S/C28H24O7/c1-17(2)26(29)33-22-10-6-20(7-11-22)25-15-14-24(35-25)19(5)16-32-28(31)21-8-12-23(13-9-21)34-27(30)18(3)4/h6-16H,1,3H2,2,4-5H3/b19-16+. The predicted octanol–water partition coefficient (Wildman–Crippen LogP) is 6.13. The van der Waals surface area contributed by atoms with Gasteiger partial charge in [0.25, 0.3) is 0 Å². The predicted molar refractivity (Wildman–Crippen MR) is 131 cm³/mol. The van der Waals surface area contributed by atoms with Crippen molar-refractivity contribution >= 4 is 23.5 Å². The summed E-state index contributed by atoms with van der Waals surface area (Å²) in [5.41, 5.74) is 2.26. The Balaban J connectivity index is 1.62. The summed E-state index contributed by atoms with van der Waals surface area (Å²) >= 11 is 0. The van der Waals surface area contributed by atoms with Crippen molar-refractivity contribution in [2.75, 3.05) is 0 Å². The molecule has 0 amide bonds. The maximum atomic E-state index is 12.3. The molecule has 35 heavy (non-hydrogen) atoms. The molecule has 0 aliphatic carbocycles. The molecule has 1 aromatic heterocycles. The number of carbonyl (C=O) groups is 3. The van der Waals surface area contributed by atoms with Gasteiger partial charge in [-0.15, -0.1) is 0 Å². The van der Waals surface area contributed by atoms with E-state index in [1.54, 1.807) is 57.2 Å². The maximum Gasteiger partial charge on any atom is 0.342 e. The molecule has 0 unspecified atom stereocenters. The third-order valence-corrected chi connectivity index (χ3v) is 4.68. The molecule has 0 fully saturated rings. The maximum absolute atomic E-state index is 12.3. The van der Waals surface area contributed by atoms with Crippen LogP contribution in [-0.4, -0.2) is 17.9 Å². The van der Waals surface area contributed by atoms with Gasteiger partial charge in [-0.1, -0.05) is 13.2 Å². The summed E-state index contributed by atoms with van der Waals surface area (Å²) in [6, 6.07) is 16.4. The molecule has 7 heteroatoms. The van der Waals surface area contributed by atoms with Crippen molar-refractivity contribution in [1.82, 2.24) is 0 Å². The molecule has 0 atom stereocenters. The summed E-state index contributed by atoms with van der Waals surface area (Å²) in [6.07, 6.45) is 1.31. The lowest BCUT2D eigenvalue weighted by Crippen LogP contribution is -2.08. The molecule has 0 bridgehead atoms. The average molecular weight is 472 g/mol. The highest BCUT2D eigenvalue weighted by Crippen LogP contribution is 2.27. The Bertz CT molecular complexity index is 1310. The molecule has 2 aromatic carbocycles. The zero-order valence-electron chi connectivity index (χ0n) is 19.6. The highest BCUT2D eigenvalue weighted by Gasteiger charge is 2.12. The van der Waals surface area contributed by atoms with Crippen LogP contribution in [0.4, 0.5) is 0 Å². The van der Waals surface area contributed by atoms with Crippen LogP contribution in [0, 0.1) is 0 Å². The molecule has 1 heterocycles. The summed E-state index contributed by atoms with van der Waals surface area (Å²) in [7, 11) is 0. The van der Waals surface area contributed by atoms with E-state index in [1.807, 2.05) is 0 Å². The van der Waals surface area contributed by atoms with Gasteiger partial charge in [0.1, 0.15) is 29.3 Å². The monoisotopic (exact) mass is 472 g/mol. The third-order valence-electron chi connectivity index (χ3n) is 4.68. The second-order valence-electron chi connectivity index (χ2n) is 7.76. The van der Waals surface area contributed by atoms with Crippen molar-refractivity contribution in [3.8, 4) is 22.8 Å². The Labute approximate surface area is 202 Å². The number of esters is 3. The van der Waals surface area contributed by atoms with E-state index in [1.165, 1.54) is 30.5 Å². The average Bonchev–Trinajstić information content (AvgIpc) is 3.33. The van der Waals surface area contributed by atoms with Gasteiger partial charge < -0.3 is 18.6 Å². The lowest BCUT2D eigenvalue weighted by Gasteiger charge is -2.05. The van der Waals surface area contributed by atoms with Crippen LogP contribution in [0.2, 0.25) is 0 Å². The van der Waals surface area contributed by atoms with E-state index in [-0.39, 0.29) is 11.1 Å². The molecule has 178 valence electrons. The first-order chi connectivity index (χ1) is 16.6. The number of benzene rings is 2. The lowest BCUT2D eigenvalue weighted by molar-refractivity contribution is -0.130. The minimum absolute atomic E-state index is 0.274. The molecule has 3 rings (SSSR count). The summed E-state index contributed by atoms with van der Waals surface area (Å²) < 4.78 is 21.4. The van der Waals surface area contributed by atoms with E-state index in [0.717, 1.165) is 5.56 Å². The number of carbonyl (C=O) groups excluding carboxylic acids is 3. The summed E-state index contributed by atoms with van der Waals surface area (Å²) in [5, 5.41) is 0. The zero-order valence-corrected chi connectivity index (χ0v) is 19.6. The Morgan fingerprint density at radius 1 is 0.743 bits per heavy atom. The highest BCUT2D eigenvalue weighted by molar-refractivity contribution is 5.91. The molecule has 0 N–H and O–H groups in total. The molecule has 0 saturated carbocycles. The van der Waals surface area contributed by atoms with E-state index >= 15 is 0 Å².